The third-order valence-corrected chi connectivity index (χ3v) is 11.2. The molecule has 0 amide bonds. The molecular weight excluding hydrogens is 308 g/mol. The molecule has 0 aliphatic rings. The highest BCUT2D eigenvalue weighted by Crippen LogP contribution is 2.42. The Hall–Kier alpha value is -0.603. The Kier molecular flexibility index (Phi) is 11.6. The van der Waals surface area contributed by atoms with E-state index < -0.39 is 8.32 Å². The van der Waals surface area contributed by atoms with Crippen molar-refractivity contribution in [2.24, 2.45) is 0 Å². The van der Waals surface area contributed by atoms with Gasteiger partial charge in [0, 0.05) is 6.61 Å². The quantitative estimate of drug-likeness (QED) is 0.210. The van der Waals surface area contributed by atoms with Crippen LogP contribution in [0.3, 0.4) is 0 Å². The molecule has 0 unspecified atom stereocenters. The molecule has 24 heavy (non-hydrogen) atoms. The molecule has 0 aliphatic heterocycles. The van der Waals surface area contributed by atoms with Gasteiger partial charge in [-0.3, -0.25) is 0 Å². The van der Waals surface area contributed by atoms with Gasteiger partial charge in [-0.1, -0.05) is 77.0 Å². The maximum absolute atomic E-state index is 6.62. The largest absolute Gasteiger partial charge is 0.416 e. The van der Waals surface area contributed by atoms with E-state index in [1.807, 2.05) is 0 Å². The van der Waals surface area contributed by atoms with Crippen LogP contribution in [0.5, 0.6) is 0 Å². The predicted molar refractivity (Wildman–Crippen MR) is 113 cm³/mol. The average molecular weight is 351 g/mol. The predicted octanol–water partition coefficient (Wildman–Crippen LogP) is 7.82. The molecule has 1 nitrogen and oxygen atoms in total. The molecule has 2 heteroatoms. The smallest absolute Gasteiger partial charge is 0.200 e. The summed E-state index contributed by atoms with van der Waals surface area (Å²) in [5, 5.41) is 0. The van der Waals surface area contributed by atoms with Crippen molar-refractivity contribution in [3.8, 4) is 0 Å². The number of hydrogen-bond donors (Lipinski definition) is 0. The van der Waals surface area contributed by atoms with E-state index in [0.717, 1.165) is 25.9 Å². The number of rotatable bonds is 11. The summed E-state index contributed by atoms with van der Waals surface area (Å²) >= 11 is 0. The zero-order chi connectivity index (χ0) is 18.8. The van der Waals surface area contributed by atoms with E-state index in [2.05, 4.69) is 86.6 Å². The molecule has 0 fully saturated rings. The van der Waals surface area contributed by atoms with E-state index in [9.17, 15) is 0 Å². The van der Waals surface area contributed by atoms with Crippen molar-refractivity contribution in [3.05, 3.63) is 35.5 Å². The van der Waals surface area contributed by atoms with Gasteiger partial charge in [-0.2, -0.15) is 0 Å². The Bertz CT molecular complexity index is 405. The van der Waals surface area contributed by atoms with Crippen LogP contribution < -0.4 is 0 Å². The fourth-order valence-electron chi connectivity index (χ4n) is 4.03. The van der Waals surface area contributed by atoms with Gasteiger partial charge < -0.3 is 4.43 Å². The van der Waals surface area contributed by atoms with Crippen LogP contribution in [0.2, 0.25) is 16.6 Å². The molecule has 0 aromatic carbocycles. The van der Waals surface area contributed by atoms with E-state index in [4.69, 9.17) is 4.43 Å². The van der Waals surface area contributed by atoms with Gasteiger partial charge in [0.25, 0.3) is 0 Å². The molecule has 0 rings (SSSR count). The minimum absolute atomic E-state index is 0.666. The van der Waals surface area contributed by atoms with Crippen molar-refractivity contribution in [1.82, 2.24) is 0 Å². The lowest BCUT2D eigenvalue weighted by atomic mass is 10.1. The highest BCUT2D eigenvalue weighted by molar-refractivity contribution is 6.77. The van der Waals surface area contributed by atoms with Gasteiger partial charge in [-0.25, -0.2) is 0 Å². The first-order valence-electron chi connectivity index (χ1n) is 9.74. The molecule has 0 aromatic heterocycles. The fraction of sp³-hybridized carbons (Fsp3) is 0.727. The van der Waals surface area contributed by atoms with Crippen LogP contribution in [0.1, 0.15) is 81.6 Å². The summed E-state index contributed by atoms with van der Waals surface area (Å²) in [6.45, 7) is 21.5. The van der Waals surface area contributed by atoms with Crippen LogP contribution in [0.4, 0.5) is 0 Å². The van der Waals surface area contributed by atoms with E-state index in [0.29, 0.717) is 16.6 Å². The Labute approximate surface area is 153 Å². The zero-order valence-electron chi connectivity index (χ0n) is 17.8. The molecule has 0 radical (unpaired) electrons. The second-order valence-corrected chi connectivity index (χ2v) is 13.5. The molecule has 0 saturated carbocycles. The average Bonchev–Trinajstić information content (AvgIpc) is 2.46. The second kappa shape index (κ2) is 11.9. The first kappa shape index (κ1) is 23.4. The van der Waals surface area contributed by atoms with Gasteiger partial charge >= 0.3 is 0 Å². The molecular formula is C22H42OSi. The summed E-state index contributed by atoms with van der Waals surface area (Å²) in [7, 11) is -1.70. The van der Waals surface area contributed by atoms with Crippen LogP contribution in [-0.4, -0.2) is 14.9 Å². The van der Waals surface area contributed by atoms with Crippen LogP contribution in [0, 0.1) is 0 Å². The van der Waals surface area contributed by atoms with Crippen molar-refractivity contribution in [2.75, 3.05) is 6.61 Å². The topological polar surface area (TPSA) is 9.23 Å². The van der Waals surface area contributed by atoms with Crippen LogP contribution >= 0.6 is 0 Å². The summed E-state index contributed by atoms with van der Waals surface area (Å²) in [5.41, 5.74) is 4.91. The van der Waals surface area contributed by atoms with Gasteiger partial charge in [0.1, 0.15) is 0 Å². The molecule has 0 aromatic rings. The van der Waals surface area contributed by atoms with Crippen LogP contribution in [-0.2, 0) is 4.43 Å². The van der Waals surface area contributed by atoms with E-state index in [-0.39, 0.29) is 0 Å². The van der Waals surface area contributed by atoms with Crippen LogP contribution in [0.25, 0.3) is 0 Å². The van der Waals surface area contributed by atoms with Gasteiger partial charge in [0.2, 0.25) is 0 Å². The minimum atomic E-state index is -1.70. The lowest BCUT2D eigenvalue weighted by molar-refractivity contribution is 0.283. The van der Waals surface area contributed by atoms with Crippen molar-refractivity contribution in [3.63, 3.8) is 0 Å². The second-order valence-electron chi connectivity index (χ2n) is 8.04. The summed E-state index contributed by atoms with van der Waals surface area (Å²) in [6.07, 6.45) is 12.2. The standard InChI is InChI=1S/C22H42OSi/c1-10-11-12-14-21(8)17-22(9)15-13-16-23-24(18(2)3,19(4)5)20(6)7/h10-11,14-15,18-20H,12-13,16-17H2,1-9H3/b11-10-,21-14-,22-15+. The Balaban J connectivity index is 4.59. The highest BCUT2D eigenvalue weighted by atomic mass is 28.4. The first-order chi connectivity index (χ1) is 11.2. The van der Waals surface area contributed by atoms with Crippen molar-refractivity contribution < 1.29 is 4.43 Å². The van der Waals surface area contributed by atoms with Crippen LogP contribution in [0.15, 0.2) is 35.5 Å². The lowest BCUT2D eigenvalue weighted by Gasteiger charge is -2.42. The normalized spacial score (nSPS) is 14.7. The molecule has 0 saturated heterocycles. The van der Waals surface area contributed by atoms with Crippen molar-refractivity contribution >= 4 is 8.32 Å². The summed E-state index contributed by atoms with van der Waals surface area (Å²) in [5.74, 6) is 0. The summed E-state index contributed by atoms with van der Waals surface area (Å²) in [4.78, 5) is 0. The highest BCUT2D eigenvalue weighted by Gasteiger charge is 2.44. The lowest BCUT2D eigenvalue weighted by Crippen LogP contribution is -2.47. The monoisotopic (exact) mass is 350 g/mol. The Morgan fingerprint density at radius 3 is 1.83 bits per heavy atom. The van der Waals surface area contributed by atoms with E-state index >= 15 is 0 Å². The maximum Gasteiger partial charge on any atom is 0.200 e. The molecule has 0 N–H and O–H groups in total. The molecule has 0 atom stereocenters. The van der Waals surface area contributed by atoms with Crippen molar-refractivity contribution in [2.45, 2.75) is 98.2 Å². The fourth-order valence-corrected chi connectivity index (χ4v) is 9.50. The van der Waals surface area contributed by atoms with E-state index in [1.54, 1.807) is 0 Å². The summed E-state index contributed by atoms with van der Waals surface area (Å²) < 4.78 is 6.62. The molecule has 0 aliphatic carbocycles. The van der Waals surface area contributed by atoms with Gasteiger partial charge in [0.05, 0.1) is 0 Å². The minimum Gasteiger partial charge on any atom is -0.416 e. The number of hydrogen-bond acceptors (Lipinski definition) is 1. The Morgan fingerprint density at radius 1 is 0.875 bits per heavy atom. The first-order valence-corrected chi connectivity index (χ1v) is 11.9. The number of allylic oxidation sites excluding steroid dienone is 5. The maximum atomic E-state index is 6.62. The van der Waals surface area contributed by atoms with Crippen molar-refractivity contribution in [1.29, 1.82) is 0 Å². The molecule has 0 heterocycles. The molecule has 0 bridgehead atoms. The van der Waals surface area contributed by atoms with Gasteiger partial charge in [-0.05, 0) is 56.7 Å². The Morgan fingerprint density at radius 2 is 1.38 bits per heavy atom. The molecule has 140 valence electrons. The van der Waals surface area contributed by atoms with E-state index in [1.165, 1.54) is 11.1 Å². The zero-order valence-corrected chi connectivity index (χ0v) is 18.8. The third kappa shape index (κ3) is 7.52. The molecule has 0 spiro atoms. The third-order valence-electron chi connectivity index (χ3n) is 5.07. The van der Waals surface area contributed by atoms with Gasteiger partial charge in [-0.15, -0.1) is 0 Å². The SMILES string of the molecule is C/C=C\C/C=C(/C)C/C(C)=C/CCO[Si](C(C)C)(C(C)C)C(C)C. The summed E-state index contributed by atoms with van der Waals surface area (Å²) in [6, 6.07) is 0. The van der Waals surface area contributed by atoms with Gasteiger partial charge in [0.15, 0.2) is 8.32 Å².